The van der Waals surface area contributed by atoms with E-state index in [0.717, 1.165) is 23.8 Å². The number of nitrogens with one attached hydrogen (secondary N) is 1. The van der Waals surface area contributed by atoms with Crippen LogP contribution in [0.5, 0.6) is 0 Å². The summed E-state index contributed by atoms with van der Waals surface area (Å²) in [6.45, 7) is 5.70. The van der Waals surface area contributed by atoms with E-state index >= 15 is 0 Å². The number of hydrogen-bond acceptors (Lipinski definition) is 3. The van der Waals surface area contributed by atoms with E-state index in [9.17, 15) is 13.6 Å². The van der Waals surface area contributed by atoms with Crippen molar-refractivity contribution in [2.24, 2.45) is 0 Å². The number of carbonyl (C=O) groups excluding carboxylic acids is 1. The van der Waals surface area contributed by atoms with Crippen LogP contribution in [0.1, 0.15) is 50.7 Å². The standard InChI is InChI=1S/C16H21F2NO2/c1-16(2,3)21-19-15(6-7-20)11-5-4-10-8-13(17)14(18)9-12(10)11/h7-9,11,15,19H,4-6H2,1-3H3. The van der Waals surface area contributed by atoms with E-state index < -0.39 is 17.2 Å². The molecule has 2 rings (SSSR count). The minimum atomic E-state index is -0.845. The number of aldehydes is 1. The number of hydroxylamine groups is 1. The Kier molecular flexibility index (Phi) is 4.74. The fourth-order valence-electron chi connectivity index (χ4n) is 2.70. The van der Waals surface area contributed by atoms with Crippen LogP contribution in [0.25, 0.3) is 0 Å². The lowest BCUT2D eigenvalue weighted by atomic mass is 9.92. The summed E-state index contributed by atoms with van der Waals surface area (Å²) >= 11 is 0. The lowest BCUT2D eigenvalue weighted by Gasteiger charge is -2.28. The Morgan fingerprint density at radius 3 is 2.67 bits per heavy atom. The van der Waals surface area contributed by atoms with E-state index in [4.69, 9.17) is 4.84 Å². The highest BCUT2D eigenvalue weighted by molar-refractivity contribution is 5.51. The first-order valence-corrected chi connectivity index (χ1v) is 7.17. The van der Waals surface area contributed by atoms with Gasteiger partial charge in [-0.25, -0.2) is 8.78 Å². The fourth-order valence-corrected chi connectivity index (χ4v) is 2.70. The molecule has 0 aromatic heterocycles. The maximum Gasteiger partial charge on any atom is 0.159 e. The van der Waals surface area contributed by atoms with Gasteiger partial charge in [0.15, 0.2) is 11.6 Å². The topological polar surface area (TPSA) is 38.3 Å². The second-order valence-corrected chi connectivity index (χ2v) is 6.45. The molecule has 0 amide bonds. The van der Waals surface area contributed by atoms with Crippen molar-refractivity contribution in [1.82, 2.24) is 5.48 Å². The van der Waals surface area contributed by atoms with Crippen molar-refractivity contribution in [1.29, 1.82) is 0 Å². The Hall–Kier alpha value is -1.33. The van der Waals surface area contributed by atoms with Gasteiger partial charge in [-0.3, -0.25) is 4.84 Å². The van der Waals surface area contributed by atoms with Crippen LogP contribution in [-0.4, -0.2) is 17.9 Å². The monoisotopic (exact) mass is 297 g/mol. The lowest BCUT2D eigenvalue weighted by Crippen LogP contribution is -2.40. The number of benzene rings is 1. The van der Waals surface area contributed by atoms with Gasteiger partial charge in [0.1, 0.15) is 6.29 Å². The molecule has 1 N–H and O–H groups in total. The number of halogens is 2. The van der Waals surface area contributed by atoms with E-state index in [1.54, 1.807) is 0 Å². The smallest absolute Gasteiger partial charge is 0.159 e. The van der Waals surface area contributed by atoms with Gasteiger partial charge >= 0.3 is 0 Å². The van der Waals surface area contributed by atoms with E-state index in [1.807, 2.05) is 20.8 Å². The van der Waals surface area contributed by atoms with Gasteiger partial charge in [0.2, 0.25) is 0 Å². The van der Waals surface area contributed by atoms with Gasteiger partial charge in [-0.05, 0) is 56.9 Å². The summed E-state index contributed by atoms with van der Waals surface area (Å²) in [6.07, 6.45) is 2.52. The molecule has 2 atom stereocenters. The third-order valence-electron chi connectivity index (χ3n) is 3.66. The SMILES string of the molecule is CC(C)(C)ONC(CC=O)C1CCc2cc(F)c(F)cc21. The third kappa shape index (κ3) is 3.86. The number of hydrogen-bond donors (Lipinski definition) is 1. The van der Waals surface area contributed by atoms with Crippen LogP contribution < -0.4 is 5.48 Å². The van der Waals surface area contributed by atoms with Crippen molar-refractivity contribution in [2.45, 2.75) is 57.6 Å². The molecule has 5 heteroatoms. The molecule has 1 aliphatic rings. The van der Waals surface area contributed by atoms with E-state index in [0.29, 0.717) is 6.42 Å². The first-order chi connectivity index (χ1) is 9.81. The number of aryl methyl sites for hydroxylation is 1. The van der Waals surface area contributed by atoms with Gasteiger partial charge in [0.05, 0.1) is 5.60 Å². The fraction of sp³-hybridized carbons (Fsp3) is 0.562. The molecule has 0 radical (unpaired) electrons. The van der Waals surface area contributed by atoms with Gasteiger partial charge in [0.25, 0.3) is 0 Å². The molecule has 21 heavy (non-hydrogen) atoms. The average molecular weight is 297 g/mol. The second kappa shape index (κ2) is 6.20. The Morgan fingerprint density at radius 1 is 1.38 bits per heavy atom. The zero-order chi connectivity index (χ0) is 15.6. The minimum absolute atomic E-state index is 0.0531. The first-order valence-electron chi connectivity index (χ1n) is 7.17. The number of fused-ring (bicyclic) bond motifs is 1. The van der Waals surface area contributed by atoms with Crippen molar-refractivity contribution < 1.29 is 18.4 Å². The molecule has 0 aliphatic heterocycles. The summed E-state index contributed by atoms with van der Waals surface area (Å²) < 4.78 is 26.8. The van der Waals surface area contributed by atoms with E-state index in [2.05, 4.69) is 5.48 Å². The Balaban J connectivity index is 2.20. The van der Waals surface area contributed by atoms with Crippen LogP contribution in [0.3, 0.4) is 0 Å². The van der Waals surface area contributed by atoms with Gasteiger partial charge < -0.3 is 4.79 Å². The zero-order valence-corrected chi connectivity index (χ0v) is 12.6. The highest BCUT2D eigenvalue weighted by atomic mass is 19.2. The van der Waals surface area contributed by atoms with Gasteiger partial charge in [-0.1, -0.05) is 0 Å². The van der Waals surface area contributed by atoms with Crippen molar-refractivity contribution in [3.05, 3.63) is 34.9 Å². The highest BCUT2D eigenvalue weighted by Crippen LogP contribution is 2.37. The quantitative estimate of drug-likeness (QED) is 0.669. The molecule has 0 spiro atoms. The number of rotatable bonds is 5. The summed E-state index contributed by atoms with van der Waals surface area (Å²) in [5, 5.41) is 0. The van der Waals surface area contributed by atoms with Crippen LogP contribution in [-0.2, 0) is 16.1 Å². The molecular formula is C16H21F2NO2. The van der Waals surface area contributed by atoms with Crippen molar-refractivity contribution >= 4 is 6.29 Å². The van der Waals surface area contributed by atoms with Crippen LogP contribution in [0.2, 0.25) is 0 Å². The van der Waals surface area contributed by atoms with Crippen molar-refractivity contribution in [2.75, 3.05) is 0 Å². The molecular weight excluding hydrogens is 276 g/mol. The van der Waals surface area contributed by atoms with E-state index in [1.165, 1.54) is 12.1 Å². The van der Waals surface area contributed by atoms with Crippen LogP contribution in [0.4, 0.5) is 8.78 Å². The van der Waals surface area contributed by atoms with Gasteiger partial charge in [-0.15, -0.1) is 0 Å². The third-order valence-corrected chi connectivity index (χ3v) is 3.66. The number of carbonyl (C=O) groups is 1. The summed E-state index contributed by atoms with van der Waals surface area (Å²) in [6, 6.07) is 2.26. The lowest BCUT2D eigenvalue weighted by molar-refractivity contribution is -0.114. The van der Waals surface area contributed by atoms with Gasteiger partial charge in [0, 0.05) is 18.4 Å². The molecule has 1 aromatic rings. The molecule has 0 heterocycles. The zero-order valence-electron chi connectivity index (χ0n) is 12.6. The molecule has 0 bridgehead atoms. The van der Waals surface area contributed by atoms with Crippen molar-refractivity contribution in [3.8, 4) is 0 Å². The molecule has 2 unspecified atom stereocenters. The average Bonchev–Trinajstić information content (AvgIpc) is 2.77. The molecule has 1 aromatic carbocycles. The molecule has 116 valence electrons. The summed E-state index contributed by atoms with van der Waals surface area (Å²) in [4.78, 5) is 16.4. The molecule has 0 fully saturated rings. The predicted octanol–water partition coefficient (Wildman–Crippen LogP) is 3.27. The molecule has 0 saturated heterocycles. The molecule has 0 saturated carbocycles. The summed E-state index contributed by atoms with van der Waals surface area (Å²) in [5.41, 5.74) is 4.12. The second-order valence-electron chi connectivity index (χ2n) is 6.45. The summed E-state index contributed by atoms with van der Waals surface area (Å²) in [5.74, 6) is -1.72. The largest absolute Gasteiger partial charge is 0.303 e. The maximum absolute atomic E-state index is 13.5. The van der Waals surface area contributed by atoms with Crippen molar-refractivity contribution in [3.63, 3.8) is 0 Å². The Labute approximate surface area is 123 Å². The van der Waals surface area contributed by atoms with Crippen LogP contribution in [0.15, 0.2) is 12.1 Å². The van der Waals surface area contributed by atoms with Crippen LogP contribution in [0, 0.1) is 11.6 Å². The maximum atomic E-state index is 13.5. The van der Waals surface area contributed by atoms with E-state index in [-0.39, 0.29) is 18.4 Å². The highest BCUT2D eigenvalue weighted by Gasteiger charge is 2.32. The first kappa shape index (κ1) is 16.0. The molecule has 1 aliphatic carbocycles. The normalized spacial score (nSPS) is 19.4. The summed E-state index contributed by atoms with van der Waals surface area (Å²) in [7, 11) is 0. The predicted molar refractivity (Wildman–Crippen MR) is 75.9 cm³/mol. The Morgan fingerprint density at radius 2 is 2.05 bits per heavy atom. The minimum Gasteiger partial charge on any atom is -0.303 e. The molecule has 3 nitrogen and oxygen atoms in total. The Bertz CT molecular complexity index is 526. The van der Waals surface area contributed by atoms with Crippen LogP contribution >= 0.6 is 0 Å². The van der Waals surface area contributed by atoms with Gasteiger partial charge in [-0.2, -0.15) is 5.48 Å².